The van der Waals surface area contributed by atoms with Crippen LogP contribution >= 0.6 is 11.3 Å². The summed E-state index contributed by atoms with van der Waals surface area (Å²) in [5.41, 5.74) is 0.798. The van der Waals surface area contributed by atoms with Crippen molar-refractivity contribution in [2.45, 2.75) is 25.9 Å². The van der Waals surface area contributed by atoms with Gasteiger partial charge in [-0.2, -0.15) is 11.3 Å². The highest BCUT2D eigenvalue weighted by Crippen LogP contribution is 2.12. The molecule has 2 rings (SSSR count). The minimum absolute atomic E-state index is 0.138. The standard InChI is InChI=1S/C14H22N2O2S/c1-2-13(17)10-15-5-3-6-16(8-7-15)14(18)12-4-9-19-11-12/h4,9,11,13,17H,2-3,5-8,10H2,1H3. The zero-order valence-corrected chi connectivity index (χ0v) is 12.2. The highest BCUT2D eigenvalue weighted by Gasteiger charge is 2.21. The summed E-state index contributed by atoms with van der Waals surface area (Å²) in [6.07, 6.45) is 1.51. The summed E-state index contributed by atoms with van der Waals surface area (Å²) in [7, 11) is 0. The van der Waals surface area contributed by atoms with Crippen molar-refractivity contribution in [1.82, 2.24) is 9.80 Å². The molecule has 0 aliphatic carbocycles. The van der Waals surface area contributed by atoms with Gasteiger partial charge in [-0.1, -0.05) is 6.92 Å². The average molecular weight is 282 g/mol. The van der Waals surface area contributed by atoms with Crippen LogP contribution in [0.15, 0.2) is 16.8 Å². The molecule has 5 heteroatoms. The molecule has 1 aliphatic heterocycles. The molecule has 0 spiro atoms. The number of rotatable bonds is 4. The van der Waals surface area contributed by atoms with Crippen LogP contribution < -0.4 is 0 Å². The van der Waals surface area contributed by atoms with Gasteiger partial charge in [-0.15, -0.1) is 0 Å². The molecule has 1 aromatic rings. The number of β-amino-alcohol motifs (C(OH)–C–C–N with tert-alkyl or cyclic N) is 1. The summed E-state index contributed by atoms with van der Waals surface area (Å²) in [6.45, 7) is 6.10. The highest BCUT2D eigenvalue weighted by atomic mass is 32.1. The molecule has 106 valence electrons. The minimum Gasteiger partial charge on any atom is -0.392 e. The predicted molar refractivity (Wildman–Crippen MR) is 77.6 cm³/mol. The van der Waals surface area contributed by atoms with E-state index in [9.17, 15) is 9.90 Å². The Morgan fingerprint density at radius 1 is 1.42 bits per heavy atom. The molecule has 1 N–H and O–H groups in total. The highest BCUT2D eigenvalue weighted by molar-refractivity contribution is 7.08. The molecule has 1 atom stereocenters. The Morgan fingerprint density at radius 2 is 2.26 bits per heavy atom. The number of carbonyl (C=O) groups excluding carboxylic acids is 1. The van der Waals surface area contributed by atoms with E-state index in [4.69, 9.17) is 0 Å². The molecule has 1 aromatic heterocycles. The van der Waals surface area contributed by atoms with E-state index < -0.39 is 0 Å². The molecular weight excluding hydrogens is 260 g/mol. The zero-order chi connectivity index (χ0) is 13.7. The molecule has 1 aliphatic rings. The van der Waals surface area contributed by atoms with Gasteiger partial charge in [0.05, 0.1) is 11.7 Å². The third-order valence-corrected chi connectivity index (χ3v) is 4.27. The van der Waals surface area contributed by atoms with E-state index in [2.05, 4.69) is 4.90 Å². The number of hydrogen-bond acceptors (Lipinski definition) is 4. The summed E-state index contributed by atoms with van der Waals surface area (Å²) in [6, 6.07) is 1.89. The molecule has 0 aromatic carbocycles. The number of nitrogens with zero attached hydrogens (tertiary/aromatic N) is 2. The Balaban J connectivity index is 1.88. The van der Waals surface area contributed by atoms with Crippen LogP contribution in [0.5, 0.6) is 0 Å². The number of carbonyl (C=O) groups is 1. The lowest BCUT2D eigenvalue weighted by Crippen LogP contribution is -2.37. The zero-order valence-electron chi connectivity index (χ0n) is 11.4. The Morgan fingerprint density at radius 3 is 2.95 bits per heavy atom. The molecule has 0 radical (unpaired) electrons. The third-order valence-electron chi connectivity index (χ3n) is 3.58. The quantitative estimate of drug-likeness (QED) is 0.913. The fourth-order valence-electron chi connectivity index (χ4n) is 2.35. The van der Waals surface area contributed by atoms with Crippen LogP contribution in [0.4, 0.5) is 0 Å². The van der Waals surface area contributed by atoms with Crippen molar-refractivity contribution in [1.29, 1.82) is 0 Å². The van der Waals surface area contributed by atoms with Crippen LogP contribution in [-0.4, -0.2) is 59.6 Å². The van der Waals surface area contributed by atoms with E-state index in [1.165, 1.54) is 0 Å². The predicted octanol–water partition coefficient (Wildman–Crippen LogP) is 1.67. The van der Waals surface area contributed by atoms with Crippen LogP contribution in [0.1, 0.15) is 30.1 Å². The van der Waals surface area contributed by atoms with E-state index in [0.717, 1.165) is 51.1 Å². The molecule has 4 nitrogen and oxygen atoms in total. The number of aliphatic hydroxyl groups is 1. The maximum atomic E-state index is 12.3. The summed E-state index contributed by atoms with van der Waals surface area (Å²) >= 11 is 1.56. The van der Waals surface area contributed by atoms with Gasteiger partial charge in [-0.25, -0.2) is 0 Å². The largest absolute Gasteiger partial charge is 0.392 e. The maximum Gasteiger partial charge on any atom is 0.254 e. The van der Waals surface area contributed by atoms with Crippen molar-refractivity contribution in [3.8, 4) is 0 Å². The van der Waals surface area contributed by atoms with Gasteiger partial charge in [0, 0.05) is 31.6 Å². The van der Waals surface area contributed by atoms with Crippen molar-refractivity contribution in [3.05, 3.63) is 22.4 Å². The molecule has 1 unspecified atom stereocenters. The lowest BCUT2D eigenvalue weighted by molar-refractivity contribution is 0.0754. The van der Waals surface area contributed by atoms with Gasteiger partial charge < -0.3 is 10.0 Å². The summed E-state index contributed by atoms with van der Waals surface area (Å²) in [5, 5.41) is 13.6. The van der Waals surface area contributed by atoms with Gasteiger partial charge in [0.2, 0.25) is 0 Å². The van der Waals surface area contributed by atoms with Gasteiger partial charge >= 0.3 is 0 Å². The first-order valence-corrected chi connectivity index (χ1v) is 7.87. The van der Waals surface area contributed by atoms with Crippen LogP contribution in [0.25, 0.3) is 0 Å². The van der Waals surface area contributed by atoms with E-state index >= 15 is 0 Å². The molecule has 0 saturated carbocycles. The van der Waals surface area contributed by atoms with E-state index in [1.54, 1.807) is 11.3 Å². The van der Waals surface area contributed by atoms with Crippen molar-refractivity contribution in [2.75, 3.05) is 32.7 Å². The Hall–Kier alpha value is -0.910. The Labute approximate surface area is 118 Å². The Kier molecular flexibility index (Phi) is 5.36. The average Bonchev–Trinajstić information content (AvgIpc) is 2.85. The summed E-state index contributed by atoms with van der Waals surface area (Å²) in [4.78, 5) is 16.5. The van der Waals surface area contributed by atoms with E-state index in [1.807, 2.05) is 28.7 Å². The first kappa shape index (κ1) is 14.5. The molecular formula is C14H22N2O2S. The molecule has 2 heterocycles. The van der Waals surface area contributed by atoms with Gasteiger partial charge in [0.15, 0.2) is 0 Å². The van der Waals surface area contributed by atoms with Crippen LogP contribution in [0.3, 0.4) is 0 Å². The number of hydrogen-bond donors (Lipinski definition) is 1. The van der Waals surface area contributed by atoms with Crippen LogP contribution in [0.2, 0.25) is 0 Å². The number of thiophene rings is 1. The lowest BCUT2D eigenvalue weighted by atomic mass is 10.2. The van der Waals surface area contributed by atoms with E-state index in [-0.39, 0.29) is 12.0 Å². The lowest BCUT2D eigenvalue weighted by Gasteiger charge is -2.23. The first-order valence-electron chi connectivity index (χ1n) is 6.92. The second kappa shape index (κ2) is 7.03. The van der Waals surface area contributed by atoms with Crippen LogP contribution in [-0.2, 0) is 0 Å². The molecule has 0 bridgehead atoms. The fourth-order valence-corrected chi connectivity index (χ4v) is 2.98. The fraction of sp³-hybridized carbons (Fsp3) is 0.643. The molecule has 1 fully saturated rings. The summed E-state index contributed by atoms with van der Waals surface area (Å²) in [5.74, 6) is 0.138. The third kappa shape index (κ3) is 4.03. The van der Waals surface area contributed by atoms with Crippen molar-refractivity contribution in [2.24, 2.45) is 0 Å². The van der Waals surface area contributed by atoms with Gasteiger partial charge in [0.1, 0.15) is 0 Å². The van der Waals surface area contributed by atoms with Crippen molar-refractivity contribution < 1.29 is 9.90 Å². The van der Waals surface area contributed by atoms with Gasteiger partial charge in [0.25, 0.3) is 5.91 Å². The second-order valence-electron chi connectivity index (χ2n) is 5.02. The number of amides is 1. The smallest absolute Gasteiger partial charge is 0.254 e. The van der Waals surface area contributed by atoms with Crippen LogP contribution in [0, 0.1) is 0 Å². The summed E-state index contributed by atoms with van der Waals surface area (Å²) < 4.78 is 0. The number of aliphatic hydroxyl groups excluding tert-OH is 1. The second-order valence-corrected chi connectivity index (χ2v) is 5.80. The van der Waals surface area contributed by atoms with Gasteiger partial charge in [-0.05, 0) is 30.8 Å². The molecule has 1 amide bonds. The SMILES string of the molecule is CCC(O)CN1CCCN(C(=O)c2ccsc2)CC1. The topological polar surface area (TPSA) is 43.8 Å². The maximum absolute atomic E-state index is 12.3. The first-order chi connectivity index (χ1) is 9.20. The Bertz CT molecular complexity index is 394. The normalized spacial score (nSPS) is 19.2. The molecule has 1 saturated heterocycles. The van der Waals surface area contributed by atoms with Gasteiger partial charge in [-0.3, -0.25) is 9.69 Å². The molecule has 19 heavy (non-hydrogen) atoms. The van der Waals surface area contributed by atoms with E-state index in [0.29, 0.717) is 0 Å². The van der Waals surface area contributed by atoms with Crippen molar-refractivity contribution in [3.63, 3.8) is 0 Å². The van der Waals surface area contributed by atoms with Crippen molar-refractivity contribution >= 4 is 17.2 Å². The minimum atomic E-state index is -0.251. The monoisotopic (exact) mass is 282 g/mol.